The molecule has 6 nitrogen and oxygen atoms in total. The molecule has 2 fully saturated rings. The van der Waals surface area contributed by atoms with Crippen LogP contribution in [0.4, 0.5) is 5.82 Å². The normalized spacial score (nSPS) is 24.4. The Morgan fingerprint density at radius 1 is 1.15 bits per heavy atom. The van der Waals surface area contributed by atoms with Crippen molar-refractivity contribution in [3.05, 3.63) is 23.9 Å². The number of aryl methyl sites for hydroxylation is 1. The number of amides is 2. The summed E-state index contributed by atoms with van der Waals surface area (Å²) in [4.78, 5) is 31.2. The van der Waals surface area contributed by atoms with E-state index in [-0.39, 0.29) is 17.7 Å². The van der Waals surface area contributed by atoms with Crippen LogP contribution in [0.1, 0.15) is 51.0 Å². The first-order valence-corrected chi connectivity index (χ1v) is 10.3. The lowest BCUT2D eigenvalue weighted by atomic mass is 9.86. The zero-order valence-corrected chi connectivity index (χ0v) is 16.5. The van der Waals surface area contributed by atoms with Crippen LogP contribution in [-0.4, -0.2) is 47.4 Å². The van der Waals surface area contributed by atoms with Gasteiger partial charge in [0.1, 0.15) is 5.82 Å². The fourth-order valence-electron chi connectivity index (χ4n) is 4.11. The van der Waals surface area contributed by atoms with E-state index in [9.17, 15) is 9.59 Å². The third-order valence-electron chi connectivity index (χ3n) is 5.95. The van der Waals surface area contributed by atoms with E-state index >= 15 is 0 Å². The minimum atomic E-state index is -0.00854. The van der Waals surface area contributed by atoms with Crippen molar-refractivity contribution < 1.29 is 9.59 Å². The Morgan fingerprint density at radius 2 is 1.89 bits per heavy atom. The molecule has 2 amide bonds. The summed E-state index contributed by atoms with van der Waals surface area (Å²) < 4.78 is 0. The third kappa shape index (κ3) is 5.76. The Bertz CT molecular complexity index is 638. The molecule has 3 rings (SSSR count). The average Bonchev–Trinajstić information content (AvgIpc) is 2.66. The summed E-state index contributed by atoms with van der Waals surface area (Å²) in [6, 6.07) is 4.10. The topological polar surface area (TPSA) is 74.3 Å². The Labute approximate surface area is 162 Å². The van der Waals surface area contributed by atoms with E-state index in [1.165, 1.54) is 19.3 Å². The standard InChI is InChI=1S/C21H32N4O2/c1-15-7-8-19(22-13-15)24-21(27)17-9-11-25(12-10-17)14-20(26)23-18-6-4-3-5-16(18)2/h7-8,13,16-18H,3-6,9-12,14H2,1-2H3,(H,23,26)(H,22,24,27). The second kappa shape index (κ2) is 9.31. The van der Waals surface area contributed by atoms with Gasteiger partial charge in [0, 0.05) is 18.2 Å². The molecule has 6 heteroatoms. The van der Waals surface area contributed by atoms with Gasteiger partial charge in [-0.3, -0.25) is 14.5 Å². The molecule has 2 N–H and O–H groups in total. The lowest BCUT2D eigenvalue weighted by Gasteiger charge is -2.33. The smallest absolute Gasteiger partial charge is 0.234 e. The molecule has 2 unspecified atom stereocenters. The highest BCUT2D eigenvalue weighted by Crippen LogP contribution is 2.24. The van der Waals surface area contributed by atoms with Crippen molar-refractivity contribution in [3.63, 3.8) is 0 Å². The highest BCUT2D eigenvalue weighted by Gasteiger charge is 2.27. The Kier molecular flexibility index (Phi) is 6.83. The number of pyridine rings is 1. The maximum absolute atomic E-state index is 12.4. The maximum atomic E-state index is 12.4. The molecule has 0 spiro atoms. The molecule has 2 atom stereocenters. The first kappa shape index (κ1) is 19.8. The number of anilines is 1. The van der Waals surface area contributed by atoms with Crippen LogP contribution in [0.25, 0.3) is 0 Å². The van der Waals surface area contributed by atoms with Crippen molar-refractivity contribution in [3.8, 4) is 0 Å². The minimum Gasteiger partial charge on any atom is -0.352 e. The second-order valence-corrected chi connectivity index (χ2v) is 8.20. The van der Waals surface area contributed by atoms with E-state index in [1.807, 2.05) is 19.1 Å². The van der Waals surface area contributed by atoms with Crippen LogP contribution in [0.2, 0.25) is 0 Å². The van der Waals surface area contributed by atoms with E-state index in [2.05, 4.69) is 27.4 Å². The van der Waals surface area contributed by atoms with Crippen molar-refractivity contribution in [2.24, 2.45) is 11.8 Å². The van der Waals surface area contributed by atoms with Crippen molar-refractivity contribution in [1.29, 1.82) is 0 Å². The average molecular weight is 373 g/mol. The molecular weight excluding hydrogens is 340 g/mol. The molecule has 0 aromatic carbocycles. The number of carbonyl (C=O) groups excluding carboxylic acids is 2. The summed E-state index contributed by atoms with van der Waals surface area (Å²) >= 11 is 0. The molecule has 148 valence electrons. The van der Waals surface area contributed by atoms with Crippen LogP contribution >= 0.6 is 0 Å². The summed E-state index contributed by atoms with van der Waals surface area (Å²) in [5.41, 5.74) is 1.07. The number of nitrogens with one attached hydrogen (secondary N) is 2. The largest absolute Gasteiger partial charge is 0.352 e. The highest BCUT2D eigenvalue weighted by molar-refractivity contribution is 5.91. The van der Waals surface area contributed by atoms with Crippen LogP contribution in [0.15, 0.2) is 18.3 Å². The molecule has 2 aliphatic rings. The van der Waals surface area contributed by atoms with Gasteiger partial charge in [-0.15, -0.1) is 0 Å². The van der Waals surface area contributed by atoms with Crippen LogP contribution in [0.5, 0.6) is 0 Å². The fourth-order valence-corrected chi connectivity index (χ4v) is 4.11. The molecule has 0 radical (unpaired) electrons. The fraction of sp³-hybridized carbons (Fsp3) is 0.667. The molecule has 1 aliphatic carbocycles. The van der Waals surface area contributed by atoms with Crippen molar-refractivity contribution in [2.75, 3.05) is 25.0 Å². The van der Waals surface area contributed by atoms with Gasteiger partial charge in [0.2, 0.25) is 11.8 Å². The Morgan fingerprint density at radius 3 is 2.56 bits per heavy atom. The number of hydrogen-bond acceptors (Lipinski definition) is 4. The SMILES string of the molecule is Cc1ccc(NC(=O)C2CCN(CC(=O)NC3CCCCC3C)CC2)nc1. The molecule has 1 aliphatic heterocycles. The van der Waals surface area contributed by atoms with Gasteiger partial charge in [-0.05, 0) is 63.2 Å². The second-order valence-electron chi connectivity index (χ2n) is 8.20. The summed E-state index contributed by atoms with van der Waals surface area (Å²) in [7, 11) is 0. The number of nitrogens with zero attached hydrogens (tertiary/aromatic N) is 2. The summed E-state index contributed by atoms with van der Waals surface area (Å²) in [5.74, 6) is 1.33. The molecular formula is C21H32N4O2. The van der Waals surface area contributed by atoms with Crippen LogP contribution in [0, 0.1) is 18.8 Å². The van der Waals surface area contributed by atoms with Crippen molar-refractivity contribution >= 4 is 17.6 Å². The van der Waals surface area contributed by atoms with Crippen molar-refractivity contribution in [1.82, 2.24) is 15.2 Å². The van der Waals surface area contributed by atoms with E-state index in [4.69, 9.17) is 0 Å². The van der Waals surface area contributed by atoms with Gasteiger partial charge >= 0.3 is 0 Å². The van der Waals surface area contributed by atoms with Gasteiger partial charge in [0.25, 0.3) is 0 Å². The first-order valence-electron chi connectivity index (χ1n) is 10.3. The van der Waals surface area contributed by atoms with Gasteiger partial charge in [-0.25, -0.2) is 4.98 Å². The monoisotopic (exact) mass is 372 g/mol. The van der Waals surface area contributed by atoms with Gasteiger partial charge in [0.05, 0.1) is 6.54 Å². The van der Waals surface area contributed by atoms with Gasteiger partial charge in [0.15, 0.2) is 0 Å². The molecule has 1 aromatic rings. The minimum absolute atomic E-state index is 0.00854. The zero-order chi connectivity index (χ0) is 19.2. The number of hydrogen-bond donors (Lipinski definition) is 2. The lowest BCUT2D eigenvalue weighted by molar-refractivity contribution is -0.124. The van der Waals surface area contributed by atoms with Crippen LogP contribution in [-0.2, 0) is 9.59 Å². The van der Waals surface area contributed by atoms with E-state index in [0.29, 0.717) is 24.3 Å². The Balaban J connectivity index is 1.39. The van der Waals surface area contributed by atoms with E-state index < -0.39 is 0 Å². The number of carbonyl (C=O) groups is 2. The van der Waals surface area contributed by atoms with Crippen LogP contribution < -0.4 is 10.6 Å². The molecule has 0 bridgehead atoms. The number of aromatic nitrogens is 1. The number of likely N-dealkylation sites (tertiary alicyclic amines) is 1. The third-order valence-corrected chi connectivity index (χ3v) is 5.95. The number of piperidine rings is 1. The predicted molar refractivity (Wildman–Crippen MR) is 106 cm³/mol. The molecule has 1 aromatic heterocycles. The molecule has 1 saturated heterocycles. The summed E-state index contributed by atoms with van der Waals surface area (Å²) in [6.07, 6.45) is 8.12. The summed E-state index contributed by atoms with van der Waals surface area (Å²) in [5, 5.41) is 6.12. The van der Waals surface area contributed by atoms with Crippen molar-refractivity contribution in [2.45, 2.75) is 58.4 Å². The van der Waals surface area contributed by atoms with Gasteiger partial charge in [-0.1, -0.05) is 25.8 Å². The lowest BCUT2D eigenvalue weighted by Crippen LogP contribution is -2.47. The van der Waals surface area contributed by atoms with E-state index in [0.717, 1.165) is 37.9 Å². The summed E-state index contributed by atoms with van der Waals surface area (Å²) in [6.45, 7) is 6.22. The first-order chi connectivity index (χ1) is 13.0. The predicted octanol–water partition coefficient (Wildman–Crippen LogP) is 2.74. The quantitative estimate of drug-likeness (QED) is 0.833. The van der Waals surface area contributed by atoms with Gasteiger partial charge < -0.3 is 10.6 Å². The molecule has 1 saturated carbocycles. The number of rotatable bonds is 5. The maximum Gasteiger partial charge on any atom is 0.234 e. The zero-order valence-electron chi connectivity index (χ0n) is 16.5. The molecule has 2 heterocycles. The van der Waals surface area contributed by atoms with Crippen LogP contribution in [0.3, 0.4) is 0 Å². The molecule has 27 heavy (non-hydrogen) atoms. The highest BCUT2D eigenvalue weighted by atomic mass is 16.2. The van der Waals surface area contributed by atoms with Gasteiger partial charge in [-0.2, -0.15) is 0 Å². The Hall–Kier alpha value is -1.95. The van der Waals surface area contributed by atoms with E-state index in [1.54, 1.807) is 6.20 Å².